The van der Waals surface area contributed by atoms with Crippen molar-refractivity contribution in [2.24, 2.45) is 4.99 Å². The van der Waals surface area contributed by atoms with Crippen LogP contribution in [0.15, 0.2) is 53.2 Å². The van der Waals surface area contributed by atoms with Gasteiger partial charge in [-0.3, -0.25) is 0 Å². The Morgan fingerprint density at radius 1 is 1.12 bits per heavy atom. The Morgan fingerprint density at radius 3 is 2.54 bits per heavy atom. The molecule has 0 aliphatic carbocycles. The van der Waals surface area contributed by atoms with Crippen LogP contribution in [0.2, 0.25) is 0 Å². The quantitative estimate of drug-likeness (QED) is 0.635. The molecule has 0 bridgehead atoms. The minimum Gasteiger partial charge on any atom is -0.494 e. The molecule has 2 aromatic carbocycles. The number of hydrogen-bond acceptors (Lipinski definition) is 4. The Kier molecular flexibility index (Phi) is 4.37. The molecule has 1 aliphatic rings. The molecule has 0 amide bonds. The molecular weight excluding hydrogens is 316 g/mol. The molecule has 0 fully saturated rings. The lowest BCUT2D eigenvalue weighted by Gasteiger charge is -2.03. The molecule has 2 aromatic rings. The van der Waals surface area contributed by atoms with E-state index in [1.54, 1.807) is 24.3 Å². The van der Waals surface area contributed by atoms with Gasteiger partial charge in [-0.2, -0.15) is 0 Å². The van der Waals surface area contributed by atoms with E-state index in [1.807, 2.05) is 6.92 Å². The Hall–Kier alpha value is -3.02. The Morgan fingerprint density at radius 2 is 1.88 bits per heavy atom. The summed E-state index contributed by atoms with van der Waals surface area (Å²) in [5.74, 6) is -1.75. The molecule has 0 aromatic heterocycles. The topological polar surface area (TPSA) is 47.9 Å². The predicted molar refractivity (Wildman–Crippen MR) is 84.6 cm³/mol. The first-order valence-corrected chi connectivity index (χ1v) is 7.27. The van der Waals surface area contributed by atoms with E-state index >= 15 is 0 Å². The molecule has 0 spiro atoms. The first-order chi connectivity index (χ1) is 11.6. The van der Waals surface area contributed by atoms with Gasteiger partial charge in [0.2, 0.25) is 5.90 Å². The summed E-state index contributed by atoms with van der Waals surface area (Å²) in [5.41, 5.74) is 0.947. The van der Waals surface area contributed by atoms with E-state index in [4.69, 9.17) is 9.47 Å². The lowest BCUT2D eigenvalue weighted by molar-refractivity contribution is -0.129. The van der Waals surface area contributed by atoms with E-state index in [0.717, 1.165) is 12.1 Å². The van der Waals surface area contributed by atoms with Gasteiger partial charge in [0.1, 0.15) is 5.75 Å². The average molecular weight is 329 g/mol. The van der Waals surface area contributed by atoms with Crippen LogP contribution < -0.4 is 4.74 Å². The Balaban J connectivity index is 1.86. The number of ether oxygens (including phenoxy) is 2. The number of cyclic esters (lactones) is 1. The summed E-state index contributed by atoms with van der Waals surface area (Å²) in [6.07, 6.45) is 1.34. The van der Waals surface area contributed by atoms with Crippen molar-refractivity contribution in [2.45, 2.75) is 6.92 Å². The van der Waals surface area contributed by atoms with Crippen molar-refractivity contribution in [1.82, 2.24) is 0 Å². The zero-order valence-corrected chi connectivity index (χ0v) is 12.8. The third kappa shape index (κ3) is 3.32. The molecule has 0 radical (unpaired) electrons. The number of esters is 1. The van der Waals surface area contributed by atoms with E-state index in [0.29, 0.717) is 23.5 Å². The van der Waals surface area contributed by atoms with Gasteiger partial charge in [0, 0.05) is 5.56 Å². The van der Waals surface area contributed by atoms with Crippen LogP contribution in [0.3, 0.4) is 0 Å². The van der Waals surface area contributed by atoms with Crippen molar-refractivity contribution >= 4 is 17.9 Å². The van der Waals surface area contributed by atoms with E-state index in [2.05, 4.69) is 4.99 Å². The van der Waals surface area contributed by atoms with Crippen LogP contribution in [-0.4, -0.2) is 18.5 Å². The van der Waals surface area contributed by atoms with Gasteiger partial charge in [-0.1, -0.05) is 6.07 Å². The highest BCUT2D eigenvalue weighted by Crippen LogP contribution is 2.21. The van der Waals surface area contributed by atoms with Gasteiger partial charge in [-0.15, -0.1) is 0 Å². The Labute approximate surface area is 137 Å². The third-order valence-corrected chi connectivity index (χ3v) is 3.28. The van der Waals surface area contributed by atoms with Gasteiger partial charge in [0.15, 0.2) is 17.3 Å². The van der Waals surface area contributed by atoms with Crippen molar-refractivity contribution < 1.29 is 23.0 Å². The minimum atomic E-state index is -0.994. The van der Waals surface area contributed by atoms with Crippen LogP contribution in [0.1, 0.15) is 18.1 Å². The number of hydrogen-bond donors (Lipinski definition) is 0. The molecule has 0 N–H and O–H groups in total. The monoisotopic (exact) mass is 329 g/mol. The summed E-state index contributed by atoms with van der Waals surface area (Å²) in [7, 11) is 0. The fourth-order valence-corrected chi connectivity index (χ4v) is 2.15. The molecule has 0 atom stereocenters. The largest absolute Gasteiger partial charge is 0.494 e. The number of carbonyl (C=O) groups is 1. The zero-order valence-electron chi connectivity index (χ0n) is 12.8. The number of nitrogens with zero attached hydrogens (tertiary/aromatic N) is 1. The highest BCUT2D eigenvalue weighted by Gasteiger charge is 2.24. The number of halogens is 2. The second kappa shape index (κ2) is 6.62. The summed E-state index contributed by atoms with van der Waals surface area (Å²) in [6.45, 7) is 2.43. The molecule has 6 heteroatoms. The smallest absolute Gasteiger partial charge is 0.363 e. The highest BCUT2D eigenvalue weighted by atomic mass is 19.2. The minimum absolute atomic E-state index is 0.0184. The lowest BCUT2D eigenvalue weighted by atomic mass is 10.2. The fraction of sp³-hybridized carbons (Fsp3) is 0.111. The molecule has 0 unspecified atom stereocenters. The van der Waals surface area contributed by atoms with Crippen LogP contribution in [0.5, 0.6) is 5.75 Å². The molecule has 3 rings (SSSR count). The Bertz CT molecular complexity index is 842. The normalized spacial score (nSPS) is 15.4. The molecule has 0 saturated carbocycles. The number of benzene rings is 2. The maximum atomic E-state index is 13.2. The van der Waals surface area contributed by atoms with Gasteiger partial charge in [0.05, 0.1) is 6.61 Å². The summed E-state index contributed by atoms with van der Waals surface area (Å²) < 4.78 is 36.6. The molecule has 1 aliphatic heterocycles. The second-order valence-electron chi connectivity index (χ2n) is 4.97. The summed E-state index contributed by atoms with van der Waals surface area (Å²) in [4.78, 5) is 16.0. The average Bonchev–Trinajstić information content (AvgIpc) is 2.93. The van der Waals surface area contributed by atoms with Crippen molar-refractivity contribution in [3.8, 4) is 5.75 Å². The van der Waals surface area contributed by atoms with Crippen molar-refractivity contribution in [2.75, 3.05) is 6.61 Å². The summed E-state index contributed by atoms with van der Waals surface area (Å²) in [6, 6.07) is 10.2. The van der Waals surface area contributed by atoms with Gasteiger partial charge in [-0.05, 0) is 55.0 Å². The van der Waals surface area contributed by atoms with E-state index in [-0.39, 0.29) is 11.6 Å². The maximum Gasteiger partial charge on any atom is 0.363 e. The van der Waals surface area contributed by atoms with Gasteiger partial charge in [0.25, 0.3) is 0 Å². The van der Waals surface area contributed by atoms with Crippen molar-refractivity contribution in [3.05, 3.63) is 70.9 Å². The molecule has 0 saturated heterocycles. The van der Waals surface area contributed by atoms with Crippen molar-refractivity contribution in [3.63, 3.8) is 0 Å². The molecule has 122 valence electrons. The first kappa shape index (κ1) is 15.9. The molecule has 1 heterocycles. The van der Waals surface area contributed by atoms with Crippen LogP contribution in [0.25, 0.3) is 6.08 Å². The SMILES string of the molecule is CCOc1ccc(C2=N/C(=C\c3ccc(F)c(F)c3)C(=O)O2)cc1. The van der Waals surface area contributed by atoms with E-state index < -0.39 is 17.6 Å². The van der Waals surface area contributed by atoms with Gasteiger partial charge < -0.3 is 9.47 Å². The number of carbonyl (C=O) groups excluding carboxylic acids is 1. The fourth-order valence-electron chi connectivity index (χ4n) is 2.15. The highest BCUT2D eigenvalue weighted by molar-refractivity contribution is 6.12. The van der Waals surface area contributed by atoms with Crippen LogP contribution >= 0.6 is 0 Å². The van der Waals surface area contributed by atoms with E-state index in [1.165, 1.54) is 12.1 Å². The molecular formula is C18H13F2NO3. The van der Waals surface area contributed by atoms with Crippen LogP contribution in [-0.2, 0) is 9.53 Å². The predicted octanol–water partition coefficient (Wildman–Crippen LogP) is 3.71. The van der Waals surface area contributed by atoms with Crippen LogP contribution in [0.4, 0.5) is 8.78 Å². The number of aliphatic imine (C=N–C) groups is 1. The summed E-state index contributed by atoms with van der Waals surface area (Å²) in [5, 5.41) is 0. The van der Waals surface area contributed by atoms with Gasteiger partial charge in [-0.25, -0.2) is 18.6 Å². The second-order valence-corrected chi connectivity index (χ2v) is 4.97. The standard InChI is InChI=1S/C18H13F2NO3/c1-2-23-13-6-4-12(5-7-13)17-21-16(18(22)24-17)10-11-3-8-14(19)15(20)9-11/h3-10H,2H2,1H3/b16-10-. The van der Waals surface area contributed by atoms with Crippen molar-refractivity contribution in [1.29, 1.82) is 0 Å². The van der Waals surface area contributed by atoms with Gasteiger partial charge >= 0.3 is 5.97 Å². The van der Waals surface area contributed by atoms with Crippen LogP contribution in [0, 0.1) is 11.6 Å². The lowest BCUT2D eigenvalue weighted by Crippen LogP contribution is -2.05. The zero-order chi connectivity index (χ0) is 17.1. The maximum absolute atomic E-state index is 13.2. The molecule has 4 nitrogen and oxygen atoms in total. The summed E-state index contributed by atoms with van der Waals surface area (Å²) >= 11 is 0. The number of rotatable bonds is 4. The molecule has 24 heavy (non-hydrogen) atoms. The third-order valence-electron chi connectivity index (χ3n) is 3.28. The first-order valence-electron chi connectivity index (χ1n) is 7.27. The van der Waals surface area contributed by atoms with E-state index in [9.17, 15) is 13.6 Å².